The van der Waals surface area contributed by atoms with Crippen molar-refractivity contribution in [2.75, 3.05) is 27.2 Å². The summed E-state index contributed by atoms with van der Waals surface area (Å²) in [7, 11) is 3.98. The van der Waals surface area contributed by atoms with E-state index in [2.05, 4.69) is 11.9 Å². The van der Waals surface area contributed by atoms with E-state index in [0.717, 1.165) is 6.54 Å². The lowest BCUT2D eigenvalue weighted by Crippen LogP contribution is -2.50. The fraction of sp³-hybridized carbons (Fsp3) is 0.900. The number of likely N-dealkylation sites (tertiary alicyclic amines) is 1. The number of likely N-dealkylation sites (N-methyl/N-ethyl adjacent to an activating group) is 2. The molecule has 1 amide bonds. The van der Waals surface area contributed by atoms with Gasteiger partial charge in [0.25, 0.3) is 0 Å². The highest BCUT2D eigenvalue weighted by Crippen LogP contribution is 2.24. The number of amides is 1. The fourth-order valence-electron chi connectivity index (χ4n) is 2.46. The highest BCUT2D eigenvalue weighted by atomic mass is 16.6. The van der Waals surface area contributed by atoms with Gasteiger partial charge in [-0.25, -0.2) is 4.79 Å². The first-order valence-corrected chi connectivity index (χ1v) is 5.30. The average Bonchev–Trinajstić information content (AvgIpc) is 2.49. The molecule has 0 N–H and O–H groups in total. The predicted octanol–water partition coefficient (Wildman–Crippen LogP) is 0.921. The summed E-state index contributed by atoms with van der Waals surface area (Å²) in [6, 6.07) is 0.744. The van der Waals surface area contributed by atoms with E-state index in [-0.39, 0.29) is 12.1 Å². The Morgan fingerprint density at radius 3 is 2.64 bits per heavy atom. The van der Waals surface area contributed by atoms with Gasteiger partial charge in [0.15, 0.2) is 0 Å². The van der Waals surface area contributed by atoms with Crippen LogP contribution in [0.25, 0.3) is 0 Å². The van der Waals surface area contributed by atoms with Crippen LogP contribution in [0.3, 0.4) is 0 Å². The van der Waals surface area contributed by atoms with Crippen LogP contribution in [-0.4, -0.2) is 55.2 Å². The molecule has 2 saturated heterocycles. The van der Waals surface area contributed by atoms with E-state index in [1.54, 1.807) is 4.90 Å². The van der Waals surface area contributed by atoms with Crippen LogP contribution in [0, 0.1) is 0 Å². The Balaban J connectivity index is 2.03. The van der Waals surface area contributed by atoms with Crippen LogP contribution >= 0.6 is 0 Å². The summed E-state index contributed by atoms with van der Waals surface area (Å²) in [5.41, 5.74) is 0. The molecule has 2 unspecified atom stereocenters. The maximum atomic E-state index is 11.2. The Kier molecular flexibility index (Phi) is 2.63. The van der Waals surface area contributed by atoms with Gasteiger partial charge in [-0.15, -0.1) is 0 Å². The molecule has 0 aromatic heterocycles. The van der Waals surface area contributed by atoms with Crippen LogP contribution in [0.1, 0.15) is 19.3 Å². The lowest BCUT2D eigenvalue weighted by atomic mass is 9.96. The first kappa shape index (κ1) is 9.77. The zero-order valence-corrected chi connectivity index (χ0v) is 8.90. The minimum Gasteiger partial charge on any atom is -0.447 e. The molecule has 2 aliphatic heterocycles. The third-order valence-electron chi connectivity index (χ3n) is 3.43. The van der Waals surface area contributed by atoms with Gasteiger partial charge in [-0.1, -0.05) is 6.42 Å². The largest absolute Gasteiger partial charge is 0.447 e. The topological polar surface area (TPSA) is 32.8 Å². The zero-order chi connectivity index (χ0) is 10.1. The second-order valence-corrected chi connectivity index (χ2v) is 4.30. The summed E-state index contributed by atoms with van der Waals surface area (Å²) < 4.78 is 5.04. The standard InChI is InChI=1S/C10H18N2O2/c1-11-6-4-3-5-8(11)9-7-14-10(13)12(9)2/h8-9H,3-7H2,1-2H3. The number of carbonyl (C=O) groups excluding carboxylic acids is 1. The van der Waals surface area contributed by atoms with Crippen LogP contribution in [0.5, 0.6) is 0 Å². The summed E-state index contributed by atoms with van der Waals surface area (Å²) in [6.07, 6.45) is 3.56. The molecule has 0 aromatic carbocycles. The van der Waals surface area contributed by atoms with E-state index in [1.165, 1.54) is 19.3 Å². The van der Waals surface area contributed by atoms with Crippen molar-refractivity contribution in [3.05, 3.63) is 0 Å². The van der Waals surface area contributed by atoms with Gasteiger partial charge in [0, 0.05) is 13.1 Å². The van der Waals surface area contributed by atoms with Crippen LogP contribution < -0.4 is 0 Å². The Morgan fingerprint density at radius 1 is 1.29 bits per heavy atom. The number of piperidine rings is 1. The molecule has 4 heteroatoms. The minimum absolute atomic E-state index is 0.172. The van der Waals surface area contributed by atoms with E-state index < -0.39 is 0 Å². The number of ether oxygens (including phenoxy) is 1. The molecule has 2 heterocycles. The molecular weight excluding hydrogens is 180 g/mol. The van der Waals surface area contributed by atoms with Crippen LogP contribution in [0.2, 0.25) is 0 Å². The van der Waals surface area contributed by atoms with Crippen molar-refractivity contribution < 1.29 is 9.53 Å². The van der Waals surface area contributed by atoms with E-state index in [0.29, 0.717) is 12.6 Å². The monoisotopic (exact) mass is 198 g/mol. The molecule has 2 atom stereocenters. The molecule has 0 radical (unpaired) electrons. The molecule has 2 aliphatic rings. The van der Waals surface area contributed by atoms with Crippen molar-refractivity contribution in [2.45, 2.75) is 31.3 Å². The second kappa shape index (κ2) is 3.77. The SMILES string of the molecule is CN1CCCCC1C1COC(=O)N1C. The van der Waals surface area contributed by atoms with Crippen LogP contribution in [0.4, 0.5) is 4.79 Å². The lowest BCUT2D eigenvalue weighted by molar-refractivity contribution is 0.115. The summed E-state index contributed by atoms with van der Waals surface area (Å²) in [5.74, 6) is 0. The van der Waals surface area contributed by atoms with E-state index in [1.807, 2.05) is 7.05 Å². The molecule has 80 valence electrons. The normalized spacial score (nSPS) is 34.7. The van der Waals surface area contributed by atoms with E-state index in [9.17, 15) is 4.79 Å². The number of cyclic esters (lactones) is 1. The summed E-state index contributed by atoms with van der Waals surface area (Å²) >= 11 is 0. The molecular formula is C10H18N2O2. The summed E-state index contributed by atoms with van der Waals surface area (Å²) in [4.78, 5) is 15.3. The first-order valence-electron chi connectivity index (χ1n) is 5.30. The molecule has 0 aromatic rings. The summed E-state index contributed by atoms with van der Waals surface area (Å²) in [6.45, 7) is 1.70. The van der Waals surface area contributed by atoms with Gasteiger partial charge in [-0.05, 0) is 26.4 Å². The molecule has 0 bridgehead atoms. The zero-order valence-electron chi connectivity index (χ0n) is 8.90. The van der Waals surface area contributed by atoms with Gasteiger partial charge < -0.3 is 14.5 Å². The van der Waals surface area contributed by atoms with Crippen LogP contribution in [-0.2, 0) is 4.74 Å². The maximum absolute atomic E-state index is 11.2. The molecule has 14 heavy (non-hydrogen) atoms. The third-order valence-corrected chi connectivity index (χ3v) is 3.43. The summed E-state index contributed by atoms with van der Waals surface area (Å²) in [5, 5.41) is 0. The van der Waals surface area contributed by atoms with Gasteiger partial charge in [0.05, 0.1) is 6.04 Å². The van der Waals surface area contributed by atoms with Crippen molar-refractivity contribution >= 4 is 6.09 Å². The average molecular weight is 198 g/mol. The number of hydrogen-bond acceptors (Lipinski definition) is 3. The highest BCUT2D eigenvalue weighted by Gasteiger charge is 2.38. The Morgan fingerprint density at radius 2 is 2.07 bits per heavy atom. The lowest BCUT2D eigenvalue weighted by Gasteiger charge is -2.37. The molecule has 0 saturated carbocycles. The predicted molar refractivity (Wildman–Crippen MR) is 53.2 cm³/mol. The maximum Gasteiger partial charge on any atom is 0.409 e. The number of carbonyl (C=O) groups is 1. The van der Waals surface area contributed by atoms with Gasteiger partial charge in [0.1, 0.15) is 6.61 Å². The molecule has 0 spiro atoms. The van der Waals surface area contributed by atoms with Crippen molar-refractivity contribution in [1.29, 1.82) is 0 Å². The second-order valence-electron chi connectivity index (χ2n) is 4.30. The van der Waals surface area contributed by atoms with Crippen molar-refractivity contribution in [3.8, 4) is 0 Å². The number of nitrogens with zero attached hydrogens (tertiary/aromatic N) is 2. The Hall–Kier alpha value is -0.770. The van der Waals surface area contributed by atoms with E-state index in [4.69, 9.17) is 4.74 Å². The molecule has 0 aliphatic carbocycles. The smallest absolute Gasteiger partial charge is 0.409 e. The van der Waals surface area contributed by atoms with Gasteiger partial charge in [-0.3, -0.25) is 0 Å². The first-order chi connectivity index (χ1) is 6.70. The van der Waals surface area contributed by atoms with Crippen molar-refractivity contribution in [2.24, 2.45) is 0 Å². The Labute approximate surface area is 84.8 Å². The van der Waals surface area contributed by atoms with Gasteiger partial charge in [-0.2, -0.15) is 0 Å². The van der Waals surface area contributed by atoms with E-state index >= 15 is 0 Å². The molecule has 2 fully saturated rings. The quantitative estimate of drug-likeness (QED) is 0.628. The minimum atomic E-state index is -0.172. The fourth-order valence-corrected chi connectivity index (χ4v) is 2.46. The Bertz CT molecular complexity index is 232. The number of rotatable bonds is 1. The van der Waals surface area contributed by atoms with Crippen molar-refractivity contribution in [3.63, 3.8) is 0 Å². The van der Waals surface area contributed by atoms with Gasteiger partial charge in [0.2, 0.25) is 0 Å². The molecule has 4 nitrogen and oxygen atoms in total. The highest BCUT2D eigenvalue weighted by molar-refractivity contribution is 5.69. The van der Waals surface area contributed by atoms with Crippen LogP contribution in [0.15, 0.2) is 0 Å². The van der Waals surface area contributed by atoms with Crippen molar-refractivity contribution in [1.82, 2.24) is 9.80 Å². The van der Waals surface area contributed by atoms with Gasteiger partial charge >= 0.3 is 6.09 Å². The molecule has 2 rings (SSSR count). The third kappa shape index (κ3) is 1.59. The number of hydrogen-bond donors (Lipinski definition) is 0.